The van der Waals surface area contributed by atoms with E-state index in [2.05, 4.69) is 0 Å². The van der Waals surface area contributed by atoms with E-state index in [0.717, 1.165) is 44.1 Å². The van der Waals surface area contributed by atoms with E-state index in [1.807, 2.05) is 30.3 Å². The van der Waals surface area contributed by atoms with Gasteiger partial charge in [0.1, 0.15) is 0 Å². The van der Waals surface area contributed by atoms with Crippen LogP contribution in [0.2, 0.25) is 0 Å². The third-order valence-electron chi connectivity index (χ3n) is 4.85. The molecular formula is C17H25NO2. The van der Waals surface area contributed by atoms with Gasteiger partial charge in [0.2, 0.25) is 0 Å². The number of hydrogen-bond acceptors (Lipinski definition) is 3. The molecule has 2 N–H and O–H groups in total. The van der Waals surface area contributed by atoms with Crippen LogP contribution in [0, 0.1) is 5.92 Å². The van der Waals surface area contributed by atoms with Crippen LogP contribution in [0.5, 0.6) is 0 Å². The summed E-state index contributed by atoms with van der Waals surface area (Å²) in [5.41, 5.74) is 0.406. The highest BCUT2D eigenvalue weighted by Crippen LogP contribution is 2.45. The summed E-state index contributed by atoms with van der Waals surface area (Å²) in [5, 5.41) is 23.0. The van der Waals surface area contributed by atoms with Crippen LogP contribution in [-0.2, 0) is 6.54 Å². The maximum absolute atomic E-state index is 11.0. The fourth-order valence-corrected chi connectivity index (χ4v) is 3.70. The SMILES string of the molecule is ON(Cc1ccccc1)C(C1CC1)C1(O)CCCCC1. The van der Waals surface area contributed by atoms with Crippen LogP contribution in [0.25, 0.3) is 0 Å². The molecular weight excluding hydrogens is 250 g/mol. The molecule has 2 aliphatic carbocycles. The number of benzene rings is 1. The standard InChI is InChI=1S/C17H25NO2/c19-17(11-5-2-6-12-17)16(15-9-10-15)18(20)13-14-7-3-1-4-8-14/h1,3-4,7-8,15-16,19-20H,2,5-6,9-13H2. The molecule has 2 fully saturated rings. The Kier molecular flexibility index (Phi) is 4.11. The third-order valence-corrected chi connectivity index (χ3v) is 4.85. The molecule has 0 heterocycles. The van der Waals surface area contributed by atoms with E-state index in [-0.39, 0.29) is 6.04 Å². The number of hydroxylamine groups is 2. The molecule has 2 aliphatic rings. The van der Waals surface area contributed by atoms with Crippen LogP contribution in [0.3, 0.4) is 0 Å². The van der Waals surface area contributed by atoms with Crippen molar-refractivity contribution in [1.82, 2.24) is 5.06 Å². The highest BCUT2D eigenvalue weighted by molar-refractivity contribution is 5.15. The first kappa shape index (κ1) is 14.1. The van der Waals surface area contributed by atoms with Crippen molar-refractivity contribution in [1.29, 1.82) is 0 Å². The number of aliphatic hydroxyl groups is 1. The van der Waals surface area contributed by atoms with Gasteiger partial charge in [0.25, 0.3) is 0 Å². The summed E-state index contributed by atoms with van der Waals surface area (Å²) in [5.74, 6) is 0.465. The van der Waals surface area contributed by atoms with Crippen LogP contribution < -0.4 is 0 Å². The van der Waals surface area contributed by atoms with E-state index in [1.54, 1.807) is 0 Å². The summed E-state index contributed by atoms with van der Waals surface area (Å²) >= 11 is 0. The van der Waals surface area contributed by atoms with E-state index in [1.165, 1.54) is 11.5 Å². The van der Waals surface area contributed by atoms with Crippen LogP contribution in [0.15, 0.2) is 30.3 Å². The lowest BCUT2D eigenvalue weighted by molar-refractivity contribution is -0.206. The Morgan fingerprint density at radius 1 is 1.10 bits per heavy atom. The minimum absolute atomic E-state index is 0.0944. The number of rotatable bonds is 5. The van der Waals surface area contributed by atoms with Gasteiger partial charge in [-0.2, -0.15) is 5.06 Å². The van der Waals surface area contributed by atoms with Gasteiger partial charge in [-0.25, -0.2) is 0 Å². The van der Waals surface area contributed by atoms with Crippen molar-refractivity contribution in [2.24, 2.45) is 5.92 Å². The molecule has 0 amide bonds. The number of nitrogens with zero attached hydrogens (tertiary/aromatic N) is 1. The van der Waals surface area contributed by atoms with Gasteiger partial charge >= 0.3 is 0 Å². The Hall–Kier alpha value is -0.900. The average molecular weight is 275 g/mol. The van der Waals surface area contributed by atoms with E-state index in [4.69, 9.17) is 0 Å². The van der Waals surface area contributed by atoms with E-state index >= 15 is 0 Å². The van der Waals surface area contributed by atoms with Crippen molar-refractivity contribution in [3.05, 3.63) is 35.9 Å². The Morgan fingerprint density at radius 2 is 1.75 bits per heavy atom. The average Bonchev–Trinajstić information content (AvgIpc) is 3.25. The molecule has 0 saturated heterocycles. The maximum Gasteiger partial charge on any atom is 0.0828 e. The molecule has 3 nitrogen and oxygen atoms in total. The summed E-state index contributed by atoms with van der Waals surface area (Å²) in [7, 11) is 0. The van der Waals surface area contributed by atoms with Crippen molar-refractivity contribution < 1.29 is 10.3 Å². The van der Waals surface area contributed by atoms with Gasteiger partial charge < -0.3 is 10.3 Å². The summed E-state index contributed by atoms with van der Waals surface area (Å²) in [6.07, 6.45) is 7.32. The molecule has 0 aromatic heterocycles. The van der Waals surface area contributed by atoms with E-state index in [0.29, 0.717) is 12.5 Å². The zero-order chi connectivity index (χ0) is 14.0. The molecule has 110 valence electrons. The second-order valence-electron chi connectivity index (χ2n) is 6.53. The maximum atomic E-state index is 11.0. The topological polar surface area (TPSA) is 43.7 Å². The molecule has 0 bridgehead atoms. The van der Waals surface area contributed by atoms with Crippen LogP contribution in [0.1, 0.15) is 50.5 Å². The van der Waals surface area contributed by atoms with Crippen LogP contribution >= 0.6 is 0 Å². The van der Waals surface area contributed by atoms with Crippen molar-refractivity contribution >= 4 is 0 Å². The van der Waals surface area contributed by atoms with Gasteiger partial charge in [-0.05, 0) is 37.2 Å². The monoisotopic (exact) mass is 275 g/mol. The molecule has 0 aliphatic heterocycles. The second-order valence-corrected chi connectivity index (χ2v) is 6.53. The predicted octanol–water partition coefficient (Wildman–Crippen LogP) is 3.35. The molecule has 20 heavy (non-hydrogen) atoms. The molecule has 1 aromatic rings. The molecule has 0 radical (unpaired) electrons. The van der Waals surface area contributed by atoms with Crippen molar-refractivity contribution in [2.45, 2.75) is 63.1 Å². The van der Waals surface area contributed by atoms with Gasteiger partial charge in [0.15, 0.2) is 0 Å². The van der Waals surface area contributed by atoms with Crippen LogP contribution in [-0.4, -0.2) is 27.0 Å². The molecule has 3 heteroatoms. The smallest absolute Gasteiger partial charge is 0.0828 e. The quantitative estimate of drug-likeness (QED) is 0.810. The Bertz CT molecular complexity index is 424. The first-order chi connectivity index (χ1) is 9.69. The van der Waals surface area contributed by atoms with E-state index < -0.39 is 5.60 Å². The predicted molar refractivity (Wildman–Crippen MR) is 78.3 cm³/mol. The minimum atomic E-state index is -0.692. The van der Waals surface area contributed by atoms with Gasteiger partial charge in [-0.1, -0.05) is 49.6 Å². The molecule has 0 spiro atoms. The Morgan fingerprint density at radius 3 is 2.35 bits per heavy atom. The lowest BCUT2D eigenvalue weighted by atomic mass is 9.77. The zero-order valence-electron chi connectivity index (χ0n) is 12.0. The van der Waals surface area contributed by atoms with Crippen molar-refractivity contribution in [3.63, 3.8) is 0 Å². The van der Waals surface area contributed by atoms with Crippen LogP contribution in [0.4, 0.5) is 0 Å². The molecule has 1 atom stereocenters. The third kappa shape index (κ3) is 3.05. The van der Waals surface area contributed by atoms with Gasteiger partial charge in [0, 0.05) is 6.54 Å². The van der Waals surface area contributed by atoms with Gasteiger partial charge in [-0.3, -0.25) is 0 Å². The molecule has 1 aromatic carbocycles. The summed E-state index contributed by atoms with van der Waals surface area (Å²) in [6.45, 7) is 0.504. The van der Waals surface area contributed by atoms with Crippen molar-refractivity contribution in [3.8, 4) is 0 Å². The molecule has 2 saturated carbocycles. The largest absolute Gasteiger partial charge is 0.388 e. The highest BCUT2D eigenvalue weighted by atomic mass is 16.5. The fourth-order valence-electron chi connectivity index (χ4n) is 3.70. The number of hydrogen-bond donors (Lipinski definition) is 2. The van der Waals surface area contributed by atoms with E-state index in [9.17, 15) is 10.3 Å². The van der Waals surface area contributed by atoms with Gasteiger partial charge in [-0.15, -0.1) is 0 Å². The normalized spacial score (nSPS) is 23.8. The lowest BCUT2D eigenvalue weighted by Gasteiger charge is -2.43. The summed E-state index contributed by atoms with van der Waals surface area (Å²) < 4.78 is 0. The Labute approximate surface area is 121 Å². The first-order valence-corrected chi connectivity index (χ1v) is 7.91. The summed E-state index contributed by atoms with van der Waals surface area (Å²) in [6, 6.07) is 9.92. The highest BCUT2D eigenvalue weighted by Gasteiger charge is 2.48. The lowest BCUT2D eigenvalue weighted by Crippen LogP contribution is -2.53. The molecule has 1 unspecified atom stereocenters. The second kappa shape index (κ2) is 5.84. The van der Waals surface area contributed by atoms with Crippen molar-refractivity contribution in [2.75, 3.05) is 0 Å². The summed E-state index contributed by atoms with van der Waals surface area (Å²) in [4.78, 5) is 0. The Balaban J connectivity index is 1.73. The van der Waals surface area contributed by atoms with Gasteiger partial charge in [0.05, 0.1) is 11.6 Å². The first-order valence-electron chi connectivity index (χ1n) is 7.91. The zero-order valence-corrected chi connectivity index (χ0v) is 12.0. The minimum Gasteiger partial charge on any atom is -0.388 e. The molecule has 3 rings (SSSR count). The fraction of sp³-hybridized carbons (Fsp3) is 0.647.